The number of aromatic nitrogens is 5. The first-order valence-electron chi connectivity index (χ1n) is 10.9. The van der Waals surface area contributed by atoms with E-state index in [9.17, 15) is 4.79 Å². The summed E-state index contributed by atoms with van der Waals surface area (Å²) in [6.45, 7) is 1.45. The molecule has 5 aromatic rings. The number of anilines is 1. The van der Waals surface area contributed by atoms with E-state index in [-0.39, 0.29) is 5.69 Å². The minimum absolute atomic E-state index is 0.0911. The Morgan fingerprint density at radius 1 is 1.11 bits per heavy atom. The number of aromatic amines is 1. The molecular weight excluding hydrogens is 466 g/mol. The Bertz CT molecular complexity index is 1570. The topological polar surface area (TPSA) is 114 Å². The van der Waals surface area contributed by atoms with Crippen LogP contribution in [0.15, 0.2) is 60.9 Å². The van der Waals surface area contributed by atoms with Gasteiger partial charge in [0.2, 0.25) is 0 Å². The van der Waals surface area contributed by atoms with Gasteiger partial charge in [-0.1, -0.05) is 35.9 Å². The van der Waals surface area contributed by atoms with Gasteiger partial charge in [0.15, 0.2) is 11.3 Å². The molecule has 0 spiro atoms. The largest absolute Gasteiger partial charge is 0.497 e. The molecule has 0 bridgehead atoms. The molecule has 9 nitrogen and oxygen atoms in total. The third-order valence-electron chi connectivity index (χ3n) is 6.16. The van der Waals surface area contributed by atoms with Gasteiger partial charge in [-0.05, 0) is 34.9 Å². The molecule has 0 radical (unpaired) electrons. The summed E-state index contributed by atoms with van der Waals surface area (Å²) < 4.78 is 7.03. The van der Waals surface area contributed by atoms with Crippen LogP contribution < -0.4 is 15.4 Å². The Balaban J connectivity index is 1.62. The van der Waals surface area contributed by atoms with E-state index in [1.54, 1.807) is 42.2 Å². The Morgan fingerprint density at radius 2 is 1.89 bits per heavy atom. The molecule has 3 aromatic heterocycles. The van der Waals surface area contributed by atoms with Gasteiger partial charge >= 0.3 is 0 Å². The predicted molar refractivity (Wildman–Crippen MR) is 132 cm³/mol. The van der Waals surface area contributed by atoms with Gasteiger partial charge in [0.05, 0.1) is 24.6 Å². The number of nitrogens with zero attached hydrogens (tertiary/aromatic N) is 5. The SMILES string of the molecule is COc1cc(Cl)cc(-c2c(C(N)=O)nn3c(-c4cn[nH]c4)cc(N4Cc5ccccc5C4)nc23)c1. The van der Waals surface area contributed by atoms with Crippen LogP contribution in [-0.2, 0) is 13.1 Å². The summed E-state index contributed by atoms with van der Waals surface area (Å²) in [5, 5.41) is 12.0. The van der Waals surface area contributed by atoms with Crippen LogP contribution in [0.4, 0.5) is 5.82 Å². The Morgan fingerprint density at radius 3 is 2.54 bits per heavy atom. The fraction of sp³-hybridized carbons (Fsp3) is 0.120. The number of nitrogens with one attached hydrogen (secondary N) is 1. The lowest BCUT2D eigenvalue weighted by molar-refractivity contribution is 0.0996. The van der Waals surface area contributed by atoms with Gasteiger partial charge in [0.25, 0.3) is 5.91 Å². The number of benzene rings is 2. The molecule has 10 heteroatoms. The average Bonchev–Trinajstić information content (AvgIpc) is 3.61. The fourth-order valence-corrected chi connectivity index (χ4v) is 4.75. The van der Waals surface area contributed by atoms with Crippen molar-refractivity contribution >= 4 is 29.0 Å². The van der Waals surface area contributed by atoms with E-state index >= 15 is 0 Å². The molecule has 35 heavy (non-hydrogen) atoms. The number of halogens is 1. The number of hydrogen-bond acceptors (Lipinski definition) is 6. The molecule has 0 fully saturated rings. The number of nitrogens with two attached hydrogens (primary N) is 1. The van der Waals surface area contributed by atoms with E-state index in [1.807, 2.05) is 18.2 Å². The zero-order chi connectivity index (χ0) is 24.1. The zero-order valence-electron chi connectivity index (χ0n) is 18.7. The first kappa shape index (κ1) is 21.2. The number of ether oxygens (including phenoxy) is 1. The first-order chi connectivity index (χ1) is 17.0. The summed E-state index contributed by atoms with van der Waals surface area (Å²) >= 11 is 6.36. The highest BCUT2D eigenvalue weighted by atomic mass is 35.5. The van der Waals surface area contributed by atoms with Gasteiger partial charge in [-0.25, -0.2) is 9.50 Å². The molecule has 0 unspecified atom stereocenters. The van der Waals surface area contributed by atoms with Gasteiger partial charge in [-0.2, -0.15) is 10.2 Å². The van der Waals surface area contributed by atoms with Gasteiger partial charge in [-0.15, -0.1) is 0 Å². The minimum atomic E-state index is -0.669. The molecule has 4 heterocycles. The summed E-state index contributed by atoms with van der Waals surface area (Å²) in [7, 11) is 1.55. The number of carbonyl (C=O) groups is 1. The van der Waals surface area contributed by atoms with Crippen molar-refractivity contribution in [3.8, 4) is 28.1 Å². The molecule has 0 saturated heterocycles. The summed E-state index contributed by atoms with van der Waals surface area (Å²) in [5.74, 6) is 0.622. The standard InChI is InChI=1S/C25H20ClN7O2/c1-35-19-7-16(6-18(26)8-19)22-23(24(27)34)31-33-20(17-10-28-29-11-17)9-21(30-25(22)33)32-12-14-4-2-3-5-15(14)13-32/h2-11H,12-13H2,1H3,(H2,27,34)(H,28,29). The Hall–Kier alpha value is -4.37. The van der Waals surface area contributed by atoms with Gasteiger partial charge < -0.3 is 15.4 Å². The number of hydrogen-bond donors (Lipinski definition) is 2. The molecular formula is C25H20ClN7O2. The van der Waals surface area contributed by atoms with E-state index in [2.05, 4.69) is 32.3 Å². The highest BCUT2D eigenvalue weighted by molar-refractivity contribution is 6.31. The zero-order valence-corrected chi connectivity index (χ0v) is 19.5. The highest BCUT2D eigenvalue weighted by Gasteiger charge is 2.26. The van der Waals surface area contributed by atoms with Crippen LogP contribution in [-0.4, -0.2) is 37.8 Å². The number of methoxy groups -OCH3 is 1. The maximum absolute atomic E-state index is 12.5. The highest BCUT2D eigenvalue weighted by Crippen LogP contribution is 2.37. The van der Waals surface area contributed by atoms with Crippen LogP contribution in [0.2, 0.25) is 5.02 Å². The lowest BCUT2D eigenvalue weighted by Crippen LogP contribution is -2.17. The molecule has 0 atom stereocenters. The maximum Gasteiger partial charge on any atom is 0.269 e. The maximum atomic E-state index is 12.5. The molecule has 174 valence electrons. The van der Waals surface area contributed by atoms with Crippen molar-refractivity contribution in [3.05, 3.63) is 82.8 Å². The molecule has 1 aliphatic heterocycles. The van der Waals surface area contributed by atoms with Crippen LogP contribution in [0, 0.1) is 0 Å². The normalized spacial score (nSPS) is 12.8. The number of H-pyrrole nitrogens is 1. The lowest BCUT2D eigenvalue weighted by atomic mass is 10.0. The quantitative estimate of drug-likeness (QED) is 0.388. The van der Waals surface area contributed by atoms with Crippen molar-refractivity contribution in [1.29, 1.82) is 0 Å². The van der Waals surface area contributed by atoms with Crippen molar-refractivity contribution in [1.82, 2.24) is 24.8 Å². The monoisotopic (exact) mass is 485 g/mol. The van der Waals surface area contributed by atoms with Crippen LogP contribution in [0.5, 0.6) is 5.75 Å². The number of rotatable bonds is 5. The average molecular weight is 486 g/mol. The van der Waals surface area contributed by atoms with E-state index in [4.69, 9.17) is 27.1 Å². The number of fused-ring (bicyclic) bond motifs is 2. The second-order valence-corrected chi connectivity index (χ2v) is 8.75. The van der Waals surface area contributed by atoms with Crippen molar-refractivity contribution in [2.24, 2.45) is 5.73 Å². The fourth-order valence-electron chi connectivity index (χ4n) is 4.52. The van der Waals surface area contributed by atoms with E-state index in [0.717, 1.165) is 30.2 Å². The van der Waals surface area contributed by atoms with Crippen molar-refractivity contribution < 1.29 is 9.53 Å². The number of amides is 1. The smallest absolute Gasteiger partial charge is 0.269 e. The summed E-state index contributed by atoms with van der Waals surface area (Å²) in [5.41, 5.74) is 11.5. The third-order valence-corrected chi connectivity index (χ3v) is 6.38. The third kappa shape index (κ3) is 3.57. The van der Waals surface area contributed by atoms with Gasteiger partial charge in [-0.3, -0.25) is 9.89 Å². The van der Waals surface area contributed by atoms with E-state index in [0.29, 0.717) is 27.5 Å². The summed E-state index contributed by atoms with van der Waals surface area (Å²) in [6, 6.07) is 15.5. The molecule has 3 N–H and O–H groups in total. The molecule has 2 aromatic carbocycles. The number of primary amides is 1. The van der Waals surface area contributed by atoms with Crippen LogP contribution >= 0.6 is 11.6 Å². The number of carbonyl (C=O) groups excluding carboxylic acids is 1. The molecule has 1 aliphatic rings. The second kappa shape index (κ2) is 8.14. The lowest BCUT2D eigenvalue weighted by Gasteiger charge is -2.18. The molecule has 6 rings (SSSR count). The molecule has 0 aliphatic carbocycles. The Kier molecular flexibility index (Phi) is 4.93. The van der Waals surface area contributed by atoms with Crippen molar-refractivity contribution in [2.75, 3.05) is 12.0 Å². The predicted octanol–water partition coefficient (Wildman–Crippen LogP) is 4.07. The van der Waals surface area contributed by atoms with Gasteiger partial charge in [0.1, 0.15) is 11.6 Å². The summed E-state index contributed by atoms with van der Waals surface area (Å²) in [4.78, 5) is 19.7. The van der Waals surface area contributed by atoms with Crippen molar-refractivity contribution in [2.45, 2.75) is 13.1 Å². The Labute approximate surface area is 205 Å². The van der Waals surface area contributed by atoms with Crippen LogP contribution in [0.1, 0.15) is 21.6 Å². The van der Waals surface area contributed by atoms with Gasteiger partial charge in [0, 0.05) is 35.9 Å². The first-order valence-corrected chi connectivity index (χ1v) is 11.3. The van der Waals surface area contributed by atoms with E-state index < -0.39 is 5.91 Å². The van der Waals surface area contributed by atoms with E-state index in [1.165, 1.54) is 11.1 Å². The summed E-state index contributed by atoms with van der Waals surface area (Å²) in [6.07, 6.45) is 3.47. The van der Waals surface area contributed by atoms with Crippen LogP contribution in [0.25, 0.3) is 28.0 Å². The molecule has 1 amide bonds. The molecule has 0 saturated carbocycles. The second-order valence-electron chi connectivity index (χ2n) is 8.31. The minimum Gasteiger partial charge on any atom is -0.497 e. The van der Waals surface area contributed by atoms with Crippen molar-refractivity contribution in [3.63, 3.8) is 0 Å². The van der Waals surface area contributed by atoms with Crippen LogP contribution in [0.3, 0.4) is 0 Å².